The van der Waals surface area contributed by atoms with E-state index in [4.69, 9.17) is 9.47 Å². The number of esters is 1. The zero-order valence-corrected chi connectivity index (χ0v) is 13.1. The van der Waals surface area contributed by atoms with Crippen LogP contribution in [0.2, 0.25) is 0 Å². The van der Waals surface area contributed by atoms with Crippen molar-refractivity contribution in [1.82, 2.24) is 4.90 Å². The molecule has 5 heteroatoms. The molecule has 0 N–H and O–H groups in total. The fraction of sp³-hybridized carbons (Fsp3) is 0.500. The van der Waals surface area contributed by atoms with Crippen LogP contribution in [0.25, 0.3) is 0 Å². The van der Waals surface area contributed by atoms with Crippen molar-refractivity contribution in [2.75, 3.05) is 26.8 Å². The van der Waals surface area contributed by atoms with Gasteiger partial charge in [0.25, 0.3) is 5.91 Å². The van der Waals surface area contributed by atoms with E-state index in [1.54, 1.807) is 14.0 Å². The summed E-state index contributed by atoms with van der Waals surface area (Å²) in [7, 11) is 1.55. The lowest BCUT2D eigenvalue weighted by Crippen LogP contribution is -2.36. The van der Waals surface area contributed by atoms with Crippen LogP contribution in [-0.4, -0.2) is 43.6 Å². The van der Waals surface area contributed by atoms with E-state index in [9.17, 15) is 9.59 Å². The summed E-state index contributed by atoms with van der Waals surface area (Å²) in [5.41, 5.74) is 1.22. The van der Waals surface area contributed by atoms with Crippen molar-refractivity contribution >= 4 is 11.9 Å². The molecule has 0 spiro atoms. The Morgan fingerprint density at radius 3 is 2.33 bits per heavy atom. The Labute approximate surface area is 125 Å². The van der Waals surface area contributed by atoms with Crippen LogP contribution in [0.3, 0.4) is 0 Å². The number of ether oxygens (including phenoxy) is 2. The van der Waals surface area contributed by atoms with Gasteiger partial charge >= 0.3 is 5.97 Å². The fourth-order valence-electron chi connectivity index (χ4n) is 1.69. The van der Waals surface area contributed by atoms with Crippen LogP contribution in [0.4, 0.5) is 0 Å². The maximum atomic E-state index is 11.8. The lowest BCUT2D eigenvalue weighted by Gasteiger charge is -2.16. The molecule has 1 aromatic rings. The van der Waals surface area contributed by atoms with E-state index in [-0.39, 0.29) is 19.1 Å². The summed E-state index contributed by atoms with van der Waals surface area (Å²) in [6.45, 7) is 6.09. The van der Waals surface area contributed by atoms with E-state index in [1.165, 1.54) is 10.5 Å². The molecular formula is C16H23NO4. The number of nitrogens with zero attached hydrogens (tertiary/aromatic N) is 1. The summed E-state index contributed by atoms with van der Waals surface area (Å²) < 4.78 is 10.2. The first-order valence-electron chi connectivity index (χ1n) is 7.06. The van der Waals surface area contributed by atoms with E-state index in [2.05, 4.69) is 13.8 Å². The molecule has 21 heavy (non-hydrogen) atoms. The number of benzene rings is 1. The van der Waals surface area contributed by atoms with Gasteiger partial charge in [0.05, 0.1) is 6.61 Å². The lowest BCUT2D eigenvalue weighted by atomic mass is 10.0. The molecule has 1 amide bonds. The number of amides is 1. The molecule has 0 unspecified atom stereocenters. The standard InChI is InChI=1S/C16H23NO4/c1-5-20-16(19)10-17(4)15(18)11-21-14-8-6-13(7-9-14)12(2)3/h6-9,12H,5,10-11H2,1-4H3. The lowest BCUT2D eigenvalue weighted by molar-refractivity contribution is -0.148. The molecular weight excluding hydrogens is 270 g/mol. The maximum absolute atomic E-state index is 11.8. The molecule has 0 saturated heterocycles. The summed E-state index contributed by atoms with van der Waals surface area (Å²) in [5, 5.41) is 0. The smallest absolute Gasteiger partial charge is 0.325 e. The molecule has 1 aromatic carbocycles. The molecule has 5 nitrogen and oxygen atoms in total. The van der Waals surface area contributed by atoms with Crippen LogP contribution in [0.1, 0.15) is 32.3 Å². The van der Waals surface area contributed by atoms with E-state index in [1.807, 2.05) is 24.3 Å². The van der Waals surface area contributed by atoms with Gasteiger partial charge in [-0.15, -0.1) is 0 Å². The van der Waals surface area contributed by atoms with Gasteiger partial charge in [0.15, 0.2) is 6.61 Å². The first-order chi connectivity index (χ1) is 9.93. The molecule has 0 heterocycles. The van der Waals surface area contributed by atoms with E-state index < -0.39 is 5.97 Å². The summed E-state index contributed by atoms with van der Waals surface area (Å²) in [5.74, 6) is 0.402. The van der Waals surface area contributed by atoms with Crippen molar-refractivity contribution in [3.8, 4) is 5.75 Å². The minimum absolute atomic E-state index is 0.0671. The molecule has 0 aliphatic heterocycles. The van der Waals surface area contributed by atoms with Gasteiger partial charge in [0.2, 0.25) is 0 Å². The topological polar surface area (TPSA) is 55.8 Å². The summed E-state index contributed by atoms with van der Waals surface area (Å²) in [6.07, 6.45) is 0. The molecule has 0 atom stereocenters. The van der Waals surface area contributed by atoms with E-state index in [0.717, 1.165) is 0 Å². The Morgan fingerprint density at radius 1 is 1.19 bits per heavy atom. The second kappa shape index (κ2) is 8.29. The summed E-state index contributed by atoms with van der Waals surface area (Å²) in [6, 6.07) is 7.64. The number of carbonyl (C=O) groups excluding carboxylic acids is 2. The zero-order valence-electron chi connectivity index (χ0n) is 13.1. The number of likely N-dealkylation sites (N-methyl/N-ethyl adjacent to an activating group) is 1. The highest BCUT2D eigenvalue weighted by atomic mass is 16.5. The van der Waals surface area contributed by atoms with Crippen LogP contribution in [0, 0.1) is 0 Å². The quantitative estimate of drug-likeness (QED) is 0.723. The summed E-state index contributed by atoms with van der Waals surface area (Å²) in [4.78, 5) is 24.4. The van der Waals surface area contributed by atoms with Gasteiger partial charge in [0, 0.05) is 7.05 Å². The highest BCUT2D eigenvalue weighted by Gasteiger charge is 2.14. The van der Waals surface area contributed by atoms with Crippen molar-refractivity contribution in [3.63, 3.8) is 0 Å². The molecule has 0 aromatic heterocycles. The Bertz CT molecular complexity index is 468. The van der Waals surface area contributed by atoms with Gasteiger partial charge in [-0.25, -0.2) is 0 Å². The van der Waals surface area contributed by atoms with Gasteiger partial charge < -0.3 is 14.4 Å². The third-order valence-electron chi connectivity index (χ3n) is 3.01. The predicted octanol–water partition coefficient (Wildman–Crippen LogP) is 2.21. The van der Waals surface area contributed by atoms with Gasteiger partial charge in [0.1, 0.15) is 12.3 Å². The Hall–Kier alpha value is -2.04. The van der Waals surface area contributed by atoms with Gasteiger partial charge in [-0.3, -0.25) is 9.59 Å². The fourth-order valence-corrected chi connectivity index (χ4v) is 1.69. The third kappa shape index (κ3) is 5.85. The zero-order chi connectivity index (χ0) is 15.8. The average Bonchev–Trinajstić information content (AvgIpc) is 2.45. The molecule has 116 valence electrons. The molecule has 0 saturated carbocycles. The molecule has 0 bridgehead atoms. The van der Waals surface area contributed by atoms with Crippen molar-refractivity contribution in [3.05, 3.63) is 29.8 Å². The Kier molecular flexibility index (Phi) is 6.72. The minimum Gasteiger partial charge on any atom is -0.484 e. The van der Waals surface area contributed by atoms with Crippen LogP contribution < -0.4 is 4.74 Å². The molecule has 0 aliphatic rings. The van der Waals surface area contributed by atoms with Crippen molar-refractivity contribution in [1.29, 1.82) is 0 Å². The molecule has 1 rings (SSSR count). The van der Waals surface area contributed by atoms with E-state index in [0.29, 0.717) is 18.3 Å². The Morgan fingerprint density at radius 2 is 1.81 bits per heavy atom. The number of hydrogen-bond donors (Lipinski definition) is 0. The number of hydrogen-bond acceptors (Lipinski definition) is 4. The van der Waals surface area contributed by atoms with Crippen molar-refractivity contribution < 1.29 is 19.1 Å². The largest absolute Gasteiger partial charge is 0.484 e. The highest BCUT2D eigenvalue weighted by Crippen LogP contribution is 2.18. The van der Waals surface area contributed by atoms with E-state index >= 15 is 0 Å². The Balaban J connectivity index is 2.43. The monoisotopic (exact) mass is 293 g/mol. The molecule has 0 radical (unpaired) electrons. The van der Waals surface area contributed by atoms with Gasteiger partial charge in [-0.2, -0.15) is 0 Å². The van der Waals surface area contributed by atoms with Gasteiger partial charge in [-0.05, 0) is 30.5 Å². The number of rotatable bonds is 7. The van der Waals surface area contributed by atoms with Crippen molar-refractivity contribution in [2.24, 2.45) is 0 Å². The second-order valence-electron chi connectivity index (χ2n) is 5.07. The molecule has 0 fully saturated rings. The van der Waals surface area contributed by atoms with Crippen molar-refractivity contribution in [2.45, 2.75) is 26.7 Å². The van der Waals surface area contributed by atoms with Gasteiger partial charge in [-0.1, -0.05) is 26.0 Å². The predicted molar refractivity (Wildman–Crippen MR) is 80.3 cm³/mol. The highest BCUT2D eigenvalue weighted by molar-refractivity contribution is 5.82. The average molecular weight is 293 g/mol. The minimum atomic E-state index is -0.422. The third-order valence-corrected chi connectivity index (χ3v) is 3.01. The SMILES string of the molecule is CCOC(=O)CN(C)C(=O)COc1ccc(C(C)C)cc1. The maximum Gasteiger partial charge on any atom is 0.325 e. The first-order valence-corrected chi connectivity index (χ1v) is 7.06. The second-order valence-corrected chi connectivity index (χ2v) is 5.07. The first kappa shape index (κ1) is 17.0. The summed E-state index contributed by atoms with van der Waals surface area (Å²) >= 11 is 0. The van der Waals surface area contributed by atoms with Crippen LogP contribution in [0.15, 0.2) is 24.3 Å². The normalized spacial score (nSPS) is 10.3. The van der Waals surface area contributed by atoms with Crippen LogP contribution in [-0.2, 0) is 14.3 Å². The van der Waals surface area contributed by atoms with Crippen LogP contribution >= 0.6 is 0 Å². The molecule has 0 aliphatic carbocycles. The number of carbonyl (C=O) groups is 2. The van der Waals surface area contributed by atoms with Crippen LogP contribution in [0.5, 0.6) is 5.75 Å².